The molecule has 0 radical (unpaired) electrons. The van der Waals surface area contributed by atoms with Crippen molar-refractivity contribution in [2.75, 3.05) is 0 Å². The van der Waals surface area contributed by atoms with Crippen LogP contribution in [0.15, 0.2) is 18.2 Å². The van der Waals surface area contributed by atoms with Gasteiger partial charge in [0, 0.05) is 0 Å². The highest BCUT2D eigenvalue weighted by molar-refractivity contribution is 6.30. The Hall–Kier alpha value is -1.61. The highest BCUT2D eigenvalue weighted by Crippen LogP contribution is 2.33. The molecule has 0 aliphatic carbocycles. The van der Waals surface area contributed by atoms with Crippen LogP contribution in [0.3, 0.4) is 0 Å². The lowest BCUT2D eigenvalue weighted by Gasteiger charge is -2.15. The molecule has 0 aliphatic heterocycles. The van der Waals surface area contributed by atoms with Crippen molar-refractivity contribution in [3.8, 4) is 11.6 Å². The Morgan fingerprint density at radius 1 is 1.05 bits per heavy atom. The quantitative estimate of drug-likeness (QED) is 0.800. The molecule has 0 unspecified atom stereocenters. The predicted molar refractivity (Wildman–Crippen MR) is 81.9 cm³/mol. The molecule has 0 saturated carbocycles. The fourth-order valence-corrected chi connectivity index (χ4v) is 2.14. The second-order valence-electron chi connectivity index (χ2n) is 5.29. The number of halogens is 1. The highest BCUT2D eigenvalue weighted by Gasteiger charge is 2.14. The average molecular weight is 291 g/mol. The summed E-state index contributed by atoms with van der Waals surface area (Å²) in [5.74, 6) is 1.52. The predicted octanol–water partition coefficient (Wildman–Crippen LogP) is 4.97. The van der Waals surface area contributed by atoms with Crippen LogP contribution in [0.25, 0.3) is 0 Å². The summed E-state index contributed by atoms with van der Waals surface area (Å²) in [7, 11) is 0. The minimum absolute atomic E-state index is 0.296. The summed E-state index contributed by atoms with van der Waals surface area (Å²) in [6.07, 6.45) is 0. The van der Waals surface area contributed by atoms with Crippen LogP contribution >= 0.6 is 11.6 Å². The topological polar surface area (TPSA) is 35.0 Å². The molecule has 0 amide bonds. The van der Waals surface area contributed by atoms with Crippen molar-refractivity contribution < 1.29 is 4.74 Å². The molecule has 2 aromatic rings. The summed E-state index contributed by atoms with van der Waals surface area (Å²) in [4.78, 5) is 8.63. The van der Waals surface area contributed by atoms with Crippen molar-refractivity contribution in [3.63, 3.8) is 0 Å². The van der Waals surface area contributed by atoms with Gasteiger partial charge >= 0.3 is 0 Å². The number of benzene rings is 1. The Morgan fingerprint density at radius 2 is 1.70 bits per heavy atom. The molecule has 0 atom stereocenters. The first-order valence-electron chi connectivity index (χ1n) is 6.67. The molecule has 1 aromatic heterocycles. The summed E-state index contributed by atoms with van der Waals surface area (Å²) in [6.45, 7) is 10.1. The molecule has 0 bridgehead atoms. The third-order valence-electron chi connectivity index (χ3n) is 3.23. The summed E-state index contributed by atoms with van der Waals surface area (Å²) >= 11 is 6.12. The van der Waals surface area contributed by atoms with E-state index in [0.717, 1.165) is 28.3 Å². The molecule has 0 spiro atoms. The fraction of sp³-hybridized carbons (Fsp3) is 0.375. The first kappa shape index (κ1) is 14.8. The third-order valence-corrected chi connectivity index (χ3v) is 3.48. The third kappa shape index (κ3) is 3.10. The molecule has 3 nitrogen and oxygen atoms in total. The first-order valence-corrected chi connectivity index (χ1v) is 7.05. The van der Waals surface area contributed by atoms with Crippen LogP contribution in [0.2, 0.25) is 5.15 Å². The molecule has 0 saturated heterocycles. The molecule has 1 aromatic carbocycles. The van der Waals surface area contributed by atoms with Crippen LogP contribution in [0.4, 0.5) is 0 Å². The molecule has 1 heterocycles. The average Bonchev–Trinajstić information content (AvgIpc) is 2.35. The summed E-state index contributed by atoms with van der Waals surface area (Å²) in [5, 5.41) is 0.296. The molecule has 0 fully saturated rings. The van der Waals surface area contributed by atoms with E-state index in [1.54, 1.807) is 0 Å². The Kier molecular flexibility index (Phi) is 4.29. The van der Waals surface area contributed by atoms with E-state index < -0.39 is 0 Å². The zero-order valence-electron chi connectivity index (χ0n) is 12.5. The Morgan fingerprint density at radius 3 is 2.35 bits per heavy atom. The zero-order chi connectivity index (χ0) is 14.9. The van der Waals surface area contributed by atoms with Crippen LogP contribution in [-0.4, -0.2) is 9.97 Å². The van der Waals surface area contributed by atoms with Gasteiger partial charge in [0.05, 0.1) is 11.4 Å². The van der Waals surface area contributed by atoms with Gasteiger partial charge in [-0.25, -0.2) is 9.97 Å². The first-order chi connectivity index (χ1) is 9.38. The maximum Gasteiger partial charge on any atom is 0.257 e. The van der Waals surface area contributed by atoms with Crippen molar-refractivity contribution in [2.24, 2.45) is 0 Å². The van der Waals surface area contributed by atoms with Crippen molar-refractivity contribution in [1.29, 1.82) is 0 Å². The fourth-order valence-electron chi connectivity index (χ4n) is 1.93. The minimum atomic E-state index is 0.296. The Bertz CT molecular complexity index is 639. The normalized spacial score (nSPS) is 10.9. The van der Waals surface area contributed by atoms with Crippen molar-refractivity contribution >= 4 is 11.6 Å². The van der Waals surface area contributed by atoms with Gasteiger partial charge in [-0.3, -0.25) is 0 Å². The van der Waals surface area contributed by atoms with Crippen molar-refractivity contribution in [1.82, 2.24) is 9.97 Å². The molecule has 0 aliphatic rings. The maximum absolute atomic E-state index is 6.12. The van der Waals surface area contributed by atoms with E-state index in [-0.39, 0.29) is 0 Å². The number of hydrogen-bond acceptors (Lipinski definition) is 3. The van der Waals surface area contributed by atoms with E-state index in [4.69, 9.17) is 16.3 Å². The van der Waals surface area contributed by atoms with Crippen molar-refractivity contribution in [2.45, 2.75) is 40.5 Å². The zero-order valence-corrected chi connectivity index (χ0v) is 13.2. The highest BCUT2D eigenvalue weighted by atomic mass is 35.5. The molecule has 4 heteroatoms. The van der Waals surface area contributed by atoms with Gasteiger partial charge < -0.3 is 4.74 Å². The summed E-state index contributed by atoms with van der Waals surface area (Å²) in [5.41, 5.74) is 3.91. The monoisotopic (exact) mass is 290 g/mol. The van der Waals surface area contributed by atoms with Crippen molar-refractivity contribution in [3.05, 3.63) is 45.9 Å². The summed E-state index contributed by atoms with van der Waals surface area (Å²) < 4.78 is 5.91. The van der Waals surface area contributed by atoms with E-state index in [2.05, 4.69) is 35.9 Å². The van der Waals surface area contributed by atoms with Crippen LogP contribution < -0.4 is 4.74 Å². The number of aromatic nitrogens is 2. The molecule has 106 valence electrons. The van der Waals surface area contributed by atoms with Gasteiger partial charge in [-0.1, -0.05) is 37.6 Å². The number of hydrogen-bond donors (Lipinski definition) is 0. The van der Waals surface area contributed by atoms with E-state index >= 15 is 0 Å². The van der Waals surface area contributed by atoms with Gasteiger partial charge in [-0.2, -0.15) is 0 Å². The van der Waals surface area contributed by atoms with Gasteiger partial charge in [0.25, 0.3) is 5.88 Å². The van der Waals surface area contributed by atoms with Crippen LogP contribution in [0.5, 0.6) is 11.6 Å². The number of aryl methyl sites for hydroxylation is 3. The summed E-state index contributed by atoms with van der Waals surface area (Å²) in [6, 6.07) is 6.16. The van der Waals surface area contributed by atoms with Crippen LogP contribution in [0.1, 0.15) is 42.3 Å². The standard InChI is InChI=1S/C16H19ClN2O/c1-9(2)13-7-6-10(3)8-14(13)20-16-15(17)18-11(4)12(5)19-16/h6-9H,1-5H3. The van der Waals surface area contributed by atoms with E-state index in [1.165, 1.54) is 0 Å². The number of rotatable bonds is 3. The van der Waals surface area contributed by atoms with Gasteiger partial charge in [0.2, 0.25) is 0 Å². The lowest BCUT2D eigenvalue weighted by Crippen LogP contribution is -2.00. The van der Waals surface area contributed by atoms with Gasteiger partial charge in [0.15, 0.2) is 5.15 Å². The minimum Gasteiger partial charge on any atom is -0.436 e. The Labute approximate surface area is 125 Å². The smallest absolute Gasteiger partial charge is 0.257 e. The van der Waals surface area contributed by atoms with Crippen LogP contribution in [0, 0.1) is 20.8 Å². The van der Waals surface area contributed by atoms with E-state index in [9.17, 15) is 0 Å². The number of nitrogens with zero attached hydrogens (tertiary/aromatic N) is 2. The molecular weight excluding hydrogens is 272 g/mol. The molecule has 20 heavy (non-hydrogen) atoms. The lowest BCUT2D eigenvalue weighted by atomic mass is 10.0. The maximum atomic E-state index is 6.12. The number of ether oxygens (including phenoxy) is 1. The second-order valence-corrected chi connectivity index (χ2v) is 5.65. The van der Waals surface area contributed by atoms with Crippen LogP contribution in [-0.2, 0) is 0 Å². The van der Waals surface area contributed by atoms with E-state index in [0.29, 0.717) is 17.0 Å². The van der Waals surface area contributed by atoms with Gasteiger partial charge in [-0.15, -0.1) is 0 Å². The van der Waals surface area contributed by atoms with Gasteiger partial charge in [-0.05, 0) is 43.9 Å². The lowest BCUT2D eigenvalue weighted by molar-refractivity contribution is 0.450. The molecule has 0 N–H and O–H groups in total. The molecular formula is C16H19ClN2O. The second kappa shape index (κ2) is 5.80. The Balaban J connectivity index is 2.44. The van der Waals surface area contributed by atoms with E-state index in [1.807, 2.05) is 26.8 Å². The molecule has 2 rings (SSSR count). The SMILES string of the molecule is Cc1ccc(C(C)C)c(Oc2nc(C)c(C)nc2Cl)c1. The van der Waals surface area contributed by atoms with Gasteiger partial charge in [0.1, 0.15) is 5.75 Å². The largest absolute Gasteiger partial charge is 0.436 e.